The van der Waals surface area contributed by atoms with Crippen LogP contribution in [0.5, 0.6) is 0 Å². The van der Waals surface area contributed by atoms with Crippen LogP contribution in [0.4, 0.5) is 4.39 Å². The van der Waals surface area contributed by atoms with E-state index in [0.717, 1.165) is 25.9 Å². The molecule has 1 aromatic carbocycles. The zero-order valence-corrected chi connectivity index (χ0v) is 11.1. The molecule has 1 amide bonds. The lowest BCUT2D eigenvalue weighted by molar-refractivity contribution is -0.127. The van der Waals surface area contributed by atoms with E-state index in [4.69, 9.17) is 0 Å². The van der Waals surface area contributed by atoms with E-state index in [1.54, 1.807) is 18.2 Å². The number of nitrogens with zero attached hydrogens (tertiary/aromatic N) is 1. The lowest BCUT2D eigenvalue weighted by Crippen LogP contribution is -2.46. The van der Waals surface area contributed by atoms with E-state index in [1.807, 2.05) is 11.9 Å². The summed E-state index contributed by atoms with van der Waals surface area (Å²) in [5.74, 6) is -0.299. The summed E-state index contributed by atoms with van der Waals surface area (Å²) in [4.78, 5) is 13.9. The Morgan fingerprint density at radius 3 is 3.11 bits per heavy atom. The number of hydrogen-bond acceptors (Lipinski definition) is 2. The van der Waals surface area contributed by atoms with Gasteiger partial charge in [0.1, 0.15) is 5.82 Å². The van der Waals surface area contributed by atoms with Crippen LogP contribution in [-0.2, 0) is 4.79 Å². The number of rotatable bonds is 3. The topological polar surface area (TPSA) is 32.3 Å². The number of hydrogen-bond donors (Lipinski definition) is 1. The molecule has 0 spiro atoms. The number of nitrogens with one attached hydrogen (secondary N) is 1. The normalized spacial score (nSPS) is 19.9. The van der Waals surface area contributed by atoms with E-state index in [9.17, 15) is 9.18 Å². The summed E-state index contributed by atoms with van der Waals surface area (Å²) in [5.41, 5.74) is 0.704. The third kappa shape index (κ3) is 3.89. The molecular weight excluding hydrogens is 243 g/mol. The summed E-state index contributed by atoms with van der Waals surface area (Å²) in [5, 5.41) is 3.20. The Labute approximate surface area is 113 Å². The number of amides is 1. The second-order valence-electron chi connectivity index (χ2n) is 4.80. The van der Waals surface area contributed by atoms with Crippen LogP contribution in [0.2, 0.25) is 0 Å². The van der Waals surface area contributed by atoms with Crippen LogP contribution in [0.1, 0.15) is 18.4 Å². The lowest BCUT2D eigenvalue weighted by Gasteiger charge is -2.31. The highest BCUT2D eigenvalue weighted by Crippen LogP contribution is 2.11. The van der Waals surface area contributed by atoms with Crippen molar-refractivity contribution in [3.05, 3.63) is 41.7 Å². The zero-order valence-electron chi connectivity index (χ0n) is 11.1. The number of carbonyl (C=O) groups is 1. The third-order valence-electron chi connectivity index (χ3n) is 3.41. The van der Waals surface area contributed by atoms with Crippen molar-refractivity contribution in [3.63, 3.8) is 0 Å². The minimum absolute atomic E-state index is 0.00999. The van der Waals surface area contributed by atoms with Gasteiger partial charge in [-0.2, -0.15) is 0 Å². The molecule has 19 heavy (non-hydrogen) atoms. The summed E-state index contributed by atoms with van der Waals surface area (Å²) in [6.07, 6.45) is 5.31. The van der Waals surface area contributed by atoms with Crippen molar-refractivity contribution >= 4 is 12.0 Å². The maximum absolute atomic E-state index is 13.0. The maximum Gasteiger partial charge on any atom is 0.246 e. The molecule has 0 aromatic heterocycles. The number of piperidine rings is 1. The monoisotopic (exact) mass is 262 g/mol. The summed E-state index contributed by atoms with van der Waals surface area (Å²) in [7, 11) is 1.92. The smallest absolute Gasteiger partial charge is 0.246 e. The molecular formula is C15H19FN2O. The van der Waals surface area contributed by atoms with E-state index in [2.05, 4.69) is 5.32 Å². The molecule has 0 aliphatic carbocycles. The van der Waals surface area contributed by atoms with E-state index in [0.29, 0.717) is 11.6 Å². The second kappa shape index (κ2) is 6.48. The summed E-state index contributed by atoms with van der Waals surface area (Å²) in [6.45, 7) is 1.54. The van der Waals surface area contributed by atoms with E-state index in [-0.39, 0.29) is 11.7 Å². The Hall–Kier alpha value is -1.68. The maximum atomic E-state index is 13.0. The van der Waals surface area contributed by atoms with E-state index >= 15 is 0 Å². The fourth-order valence-electron chi connectivity index (χ4n) is 2.30. The predicted octanol–water partition coefficient (Wildman–Crippen LogP) is 2.05. The molecule has 1 aliphatic heterocycles. The molecule has 4 heteroatoms. The summed E-state index contributed by atoms with van der Waals surface area (Å²) < 4.78 is 13.0. The first-order chi connectivity index (χ1) is 9.19. The average Bonchev–Trinajstić information content (AvgIpc) is 2.45. The van der Waals surface area contributed by atoms with Gasteiger partial charge in [-0.15, -0.1) is 0 Å². The van der Waals surface area contributed by atoms with Gasteiger partial charge in [-0.25, -0.2) is 4.39 Å². The fraction of sp³-hybridized carbons (Fsp3) is 0.400. The van der Waals surface area contributed by atoms with Gasteiger partial charge in [0.15, 0.2) is 0 Å². The van der Waals surface area contributed by atoms with Gasteiger partial charge in [0.25, 0.3) is 0 Å². The number of halogens is 1. The first-order valence-electron chi connectivity index (χ1n) is 6.59. The predicted molar refractivity (Wildman–Crippen MR) is 74.1 cm³/mol. The first kappa shape index (κ1) is 13.7. The molecule has 1 N–H and O–H groups in total. The zero-order chi connectivity index (χ0) is 13.7. The van der Waals surface area contributed by atoms with Gasteiger partial charge >= 0.3 is 0 Å². The highest BCUT2D eigenvalue weighted by molar-refractivity contribution is 5.91. The Morgan fingerprint density at radius 1 is 1.53 bits per heavy atom. The fourth-order valence-corrected chi connectivity index (χ4v) is 2.30. The third-order valence-corrected chi connectivity index (χ3v) is 3.41. The van der Waals surface area contributed by atoms with Gasteiger partial charge in [-0.05, 0) is 43.7 Å². The van der Waals surface area contributed by atoms with Gasteiger partial charge in [0.05, 0.1) is 0 Å². The van der Waals surface area contributed by atoms with Gasteiger partial charge < -0.3 is 10.2 Å². The molecule has 1 heterocycles. The lowest BCUT2D eigenvalue weighted by atomic mass is 10.1. The van der Waals surface area contributed by atoms with Crippen LogP contribution in [0.3, 0.4) is 0 Å². The van der Waals surface area contributed by atoms with Crippen molar-refractivity contribution in [1.82, 2.24) is 10.2 Å². The molecule has 1 fully saturated rings. The molecule has 1 unspecified atom stereocenters. The molecule has 0 bridgehead atoms. The average molecular weight is 262 g/mol. The van der Waals surface area contributed by atoms with Gasteiger partial charge in [-0.1, -0.05) is 12.1 Å². The van der Waals surface area contributed by atoms with Crippen LogP contribution in [0.15, 0.2) is 30.3 Å². The molecule has 0 radical (unpaired) electrons. The second-order valence-corrected chi connectivity index (χ2v) is 4.80. The van der Waals surface area contributed by atoms with Crippen LogP contribution in [0, 0.1) is 5.82 Å². The van der Waals surface area contributed by atoms with E-state index in [1.165, 1.54) is 18.2 Å². The Morgan fingerprint density at radius 2 is 2.37 bits per heavy atom. The molecule has 1 saturated heterocycles. The standard InChI is InChI=1S/C15H19FN2O/c1-17-14-6-3-9-18(11-14)15(19)8-7-12-4-2-5-13(16)10-12/h2,4-5,7-8,10,14,17H,3,6,9,11H2,1H3. The van der Waals surface area contributed by atoms with Crippen molar-refractivity contribution in [2.45, 2.75) is 18.9 Å². The van der Waals surface area contributed by atoms with Crippen molar-refractivity contribution in [2.75, 3.05) is 20.1 Å². The van der Waals surface area contributed by atoms with E-state index < -0.39 is 0 Å². The Balaban J connectivity index is 1.96. The SMILES string of the molecule is CNC1CCCN(C(=O)C=Cc2cccc(F)c2)C1. The number of likely N-dealkylation sites (tertiary alicyclic amines) is 1. The summed E-state index contributed by atoms with van der Waals surface area (Å²) in [6, 6.07) is 6.59. The number of benzene rings is 1. The van der Waals surface area contributed by atoms with Crippen molar-refractivity contribution in [3.8, 4) is 0 Å². The highest BCUT2D eigenvalue weighted by atomic mass is 19.1. The van der Waals surface area contributed by atoms with Crippen LogP contribution < -0.4 is 5.32 Å². The van der Waals surface area contributed by atoms with Gasteiger partial charge in [0, 0.05) is 25.2 Å². The molecule has 102 valence electrons. The molecule has 1 aliphatic rings. The van der Waals surface area contributed by atoms with Crippen molar-refractivity contribution in [2.24, 2.45) is 0 Å². The van der Waals surface area contributed by atoms with Crippen LogP contribution in [-0.4, -0.2) is 37.0 Å². The number of carbonyl (C=O) groups excluding carboxylic acids is 1. The molecule has 0 saturated carbocycles. The molecule has 3 nitrogen and oxygen atoms in total. The summed E-state index contributed by atoms with van der Waals surface area (Å²) >= 11 is 0. The van der Waals surface area contributed by atoms with Crippen molar-refractivity contribution in [1.29, 1.82) is 0 Å². The molecule has 1 atom stereocenters. The van der Waals surface area contributed by atoms with Crippen LogP contribution in [0.25, 0.3) is 6.08 Å². The van der Waals surface area contributed by atoms with Gasteiger partial charge in [-0.3, -0.25) is 4.79 Å². The van der Waals surface area contributed by atoms with Gasteiger partial charge in [0.2, 0.25) is 5.91 Å². The number of likely N-dealkylation sites (N-methyl/N-ethyl adjacent to an activating group) is 1. The molecule has 1 aromatic rings. The minimum atomic E-state index is -0.289. The largest absolute Gasteiger partial charge is 0.338 e. The first-order valence-corrected chi connectivity index (χ1v) is 6.59. The van der Waals surface area contributed by atoms with Crippen LogP contribution >= 0.6 is 0 Å². The Kier molecular flexibility index (Phi) is 4.68. The highest BCUT2D eigenvalue weighted by Gasteiger charge is 2.20. The Bertz CT molecular complexity index is 473. The van der Waals surface area contributed by atoms with Crippen molar-refractivity contribution < 1.29 is 9.18 Å². The quantitative estimate of drug-likeness (QED) is 0.846. The molecule has 2 rings (SSSR count). The minimum Gasteiger partial charge on any atom is -0.338 e.